The first-order valence-electron chi connectivity index (χ1n) is 15.2. The second kappa shape index (κ2) is 7.96. The highest BCUT2D eigenvalue weighted by molar-refractivity contribution is 5.28. The van der Waals surface area contributed by atoms with Crippen LogP contribution in [0.3, 0.4) is 0 Å². The van der Waals surface area contributed by atoms with Gasteiger partial charge in [-0.25, -0.2) is 0 Å². The summed E-state index contributed by atoms with van der Waals surface area (Å²) in [5.41, 5.74) is 1.38. The predicted molar refractivity (Wildman–Crippen MR) is 135 cm³/mol. The first-order valence-corrected chi connectivity index (χ1v) is 15.2. The lowest BCUT2D eigenvalue weighted by molar-refractivity contribution is -0.250. The third kappa shape index (κ3) is 2.75. The van der Waals surface area contributed by atoms with Crippen molar-refractivity contribution in [2.45, 2.75) is 154 Å². The van der Waals surface area contributed by atoms with Gasteiger partial charge in [0.05, 0.1) is 12.2 Å². The van der Waals surface area contributed by atoms with E-state index in [9.17, 15) is 10.2 Å². The minimum Gasteiger partial charge on any atom is -0.393 e. The summed E-state index contributed by atoms with van der Waals surface area (Å²) in [5.74, 6) is 0.809. The lowest BCUT2D eigenvalue weighted by Gasteiger charge is -2.71. The average molecular weight is 457 g/mol. The van der Waals surface area contributed by atoms with Crippen LogP contribution >= 0.6 is 0 Å². The van der Waals surface area contributed by atoms with E-state index in [0.717, 1.165) is 12.8 Å². The fraction of sp³-hybridized carbons (Fsp3) is 1.00. The smallest absolute Gasteiger partial charge is 0.0604 e. The Kier molecular flexibility index (Phi) is 5.63. The van der Waals surface area contributed by atoms with Crippen LogP contribution in [0.1, 0.15) is 142 Å². The van der Waals surface area contributed by atoms with Gasteiger partial charge in [-0.3, -0.25) is 0 Å². The number of hydrogen-bond acceptors (Lipinski definition) is 2. The third-order valence-corrected chi connectivity index (χ3v) is 13.7. The van der Waals surface area contributed by atoms with Gasteiger partial charge in [0.2, 0.25) is 0 Å². The molecule has 2 bridgehead atoms. The lowest BCUT2D eigenvalue weighted by Crippen LogP contribution is -2.67. The number of hydrogen-bond donors (Lipinski definition) is 2. The molecule has 6 rings (SSSR count). The van der Waals surface area contributed by atoms with Gasteiger partial charge in [-0.2, -0.15) is 0 Å². The van der Waals surface area contributed by atoms with Gasteiger partial charge in [0.25, 0.3) is 0 Å². The molecule has 0 amide bonds. The maximum atomic E-state index is 12.2. The van der Waals surface area contributed by atoms with Crippen LogP contribution in [-0.2, 0) is 0 Å². The summed E-state index contributed by atoms with van der Waals surface area (Å²) < 4.78 is 0. The number of aliphatic hydroxyl groups excluding tert-OH is 2. The quantitative estimate of drug-likeness (QED) is 0.422. The van der Waals surface area contributed by atoms with Crippen molar-refractivity contribution in [3.63, 3.8) is 0 Å². The fourth-order valence-electron chi connectivity index (χ4n) is 13.1. The summed E-state index contributed by atoms with van der Waals surface area (Å²) in [6.07, 6.45) is 25.8. The highest BCUT2D eigenvalue weighted by atomic mass is 16.3. The summed E-state index contributed by atoms with van der Waals surface area (Å²) in [6, 6.07) is 0. The predicted octanol–water partition coefficient (Wildman–Crippen LogP) is 7.80. The molecule has 0 saturated heterocycles. The zero-order valence-electron chi connectivity index (χ0n) is 21.8. The second-order valence-corrected chi connectivity index (χ2v) is 14.5. The molecule has 188 valence electrons. The number of rotatable bonds is 1. The second-order valence-electron chi connectivity index (χ2n) is 14.5. The molecular weight excluding hydrogens is 404 g/mol. The van der Waals surface area contributed by atoms with Crippen molar-refractivity contribution in [1.29, 1.82) is 0 Å². The highest BCUT2D eigenvalue weighted by Gasteiger charge is 2.80. The Bertz CT molecular complexity index is 739. The largest absolute Gasteiger partial charge is 0.393 e. The fourth-order valence-corrected chi connectivity index (χ4v) is 13.1. The maximum Gasteiger partial charge on any atom is 0.0604 e. The first kappa shape index (κ1) is 23.3. The molecule has 6 aliphatic rings. The molecule has 0 aromatic rings. The van der Waals surface area contributed by atoms with Crippen LogP contribution in [0.5, 0.6) is 0 Å². The zero-order chi connectivity index (χ0) is 23.0. The molecule has 2 N–H and O–H groups in total. The summed E-state index contributed by atoms with van der Waals surface area (Å²) >= 11 is 0. The van der Waals surface area contributed by atoms with Gasteiger partial charge in [0.1, 0.15) is 0 Å². The highest BCUT2D eigenvalue weighted by Crippen LogP contribution is 2.86. The van der Waals surface area contributed by atoms with Crippen molar-refractivity contribution >= 4 is 0 Å². The Labute approximate surface area is 203 Å². The molecule has 8 unspecified atom stereocenters. The Hall–Kier alpha value is -0.0800. The standard InChI is InChI=1S/C31H52O2/c1-27(15-6-4-3-5-7-16-27)31-23-12-10-13-24(32)26(31)25(33)22-28(2,21-14-23)29-17-8-9-18-30(29,31)20-11-19-29/h23-26,32-33H,3-22H2,1-2H3. The molecule has 0 radical (unpaired) electrons. The minimum atomic E-state index is -0.314. The monoisotopic (exact) mass is 456 g/mol. The topological polar surface area (TPSA) is 40.5 Å². The molecule has 6 aliphatic carbocycles. The van der Waals surface area contributed by atoms with Crippen molar-refractivity contribution in [2.75, 3.05) is 0 Å². The molecule has 0 aromatic heterocycles. The average Bonchev–Trinajstić information content (AvgIpc) is 3.04. The van der Waals surface area contributed by atoms with E-state index in [-0.39, 0.29) is 34.4 Å². The Balaban J connectivity index is 1.69. The molecular formula is C31H52O2. The molecule has 6 saturated carbocycles. The van der Waals surface area contributed by atoms with Crippen molar-refractivity contribution in [3.05, 3.63) is 0 Å². The zero-order valence-corrected chi connectivity index (χ0v) is 21.8. The van der Waals surface area contributed by atoms with Crippen molar-refractivity contribution in [2.24, 2.45) is 38.9 Å². The molecule has 0 spiro atoms. The molecule has 0 aromatic carbocycles. The molecule has 33 heavy (non-hydrogen) atoms. The van der Waals surface area contributed by atoms with E-state index in [2.05, 4.69) is 13.8 Å². The minimum absolute atomic E-state index is 0.104. The summed E-state index contributed by atoms with van der Waals surface area (Å²) in [7, 11) is 0. The van der Waals surface area contributed by atoms with Crippen molar-refractivity contribution < 1.29 is 10.2 Å². The SMILES string of the molecule is CC12CCC3CCCC(O)C(C(O)C1)C3(C1(C)CCCCCCC1)C13CCCCC21CCC3. The van der Waals surface area contributed by atoms with Crippen LogP contribution in [0.15, 0.2) is 0 Å². The molecule has 2 nitrogen and oxygen atoms in total. The number of aliphatic hydroxyl groups is 2. The molecule has 2 heteroatoms. The van der Waals surface area contributed by atoms with Crippen LogP contribution < -0.4 is 0 Å². The summed E-state index contributed by atoms with van der Waals surface area (Å²) in [6.45, 7) is 5.34. The van der Waals surface area contributed by atoms with Crippen LogP contribution in [0.25, 0.3) is 0 Å². The molecule has 0 aliphatic heterocycles. The van der Waals surface area contributed by atoms with E-state index < -0.39 is 0 Å². The van der Waals surface area contributed by atoms with Gasteiger partial charge < -0.3 is 10.2 Å². The van der Waals surface area contributed by atoms with Crippen LogP contribution in [0.2, 0.25) is 0 Å². The van der Waals surface area contributed by atoms with Gasteiger partial charge in [-0.15, -0.1) is 0 Å². The Morgan fingerprint density at radius 1 is 0.515 bits per heavy atom. The van der Waals surface area contributed by atoms with E-state index in [0.29, 0.717) is 16.7 Å². The Morgan fingerprint density at radius 2 is 1.12 bits per heavy atom. The molecule has 6 fully saturated rings. The summed E-state index contributed by atoms with van der Waals surface area (Å²) in [5, 5.41) is 24.2. The van der Waals surface area contributed by atoms with Crippen LogP contribution in [0.4, 0.5) is 0 Å². The first-order chi connectivity index (χ1) is 15.9. The molecule has 8 atom stereocenters. The van der Waals surface area contributed by atoms with Crippen molar-refractivity contribution in [1.82, 2.24) is 0 Å². The molecule has 0 heterocycles. The summed E-state index contributed by atoms with van der Waals surface area (Å²) in [4.78, 5) is 0. The van der Waals surface area contributed by atoms with Crippen LogP contribution in [-0.4, -0.2) is 22.4 Å². The van der Waals surface area contributed by atoms with Gasteiger partial charge >= 0.3 is 0 Å². The maximum absolute atomic E-state index is 12.2. The van der Waals surface area contributed by atoms with Crippen molar-refractivity contribution in [3.8, 4) is 0 Å². The lowest BCUT2D eigenvalue weighted by atomic mass is 9.33. The van der Waals surface area contributed by atoms with E-state index >= 15 is 0 Å². The normalized spacial score (nSPS) is 54.2. The van der Waals surface area contributed by atoms with E-state index in [1.54, 1.807) is 0 Å². The Morgan fingerprint density at radius 3 is 1.88 bits per heavy atom. The third-order valence-electron chi connectivity index (χ3n) is 13.7. The van der Waals surface area contributed by atoms with E-state index in [4.69, 9.17) is 0 Å². The van der Waals surface area contributed by atoms with Gasteiger partial charge in [0.15, 0.2) is 0 Å². The van der Waals surface area contributed by atoms with Crippen LogP contribution in [0, 0.1) is 38.9 Å². The van der Waals surface area contributed by atoms with Gasteiger partial charge in [0, 0.05) is 5.92 Å². The van der Waals surface area contributed by atoms with Gasteiger partial charge in [-0.1, -0.05) is 71.6 Å². The van der Waals surface area contributed by atoms with Gasteiger partial charge in [-0.05, 0) is 104 Å². The van der Waals surface area contributed by atoms with E-state index in [1.165, 1.54) is 116 Å². The van der Waals surface area contributed by atoms with E-state index in [1.807, 2.05) is 0 Å².